The van der Waals surface area contributed by atoms with Gasteiger partial charge < -0.3 is 14.5 Å². The van der Waals surface area contributed by atoms with Gasteiger partial charge in [0.2, 0.25) is 5.91 Å². The Labute approximate surface area is 137 Å². The zero-order valence-electron chi connectivity index (χ0n) is 13.4. The lowest BCUT2D eigenvalue weighted by Crippen LogP contribution is -2.52. The Morgan fingerprint density at radius 3 is 3.09 bits per heavy atom. The molecule has 1 aromatic rings. The summed E-state index contributed by atoms with van der Waals surface area (Å²) in [7, 11) is 0. The molecule has 1 atom stereocenters. The van der Waals surface area contributed by atoms with E-state index in [1.54, 1.807) is 11.3 Å². The summed E-state index contributed by atoms with van der Waals surface area (Å²) >= 11 is 1.67. The second-order valence-corrected chi connectivity index (χ2v) is 7.63. The molecule has 1 amide bonds. The number of likely N-dealkylation sites (tertiary alicyclic amines) is 1. The van der Waals surface area contributed by atoms with Gasteiger partial charge in [0.1, 0.15) is 0 Å². The van der Waals surface area contributed by atoms with Crippen molar-refractivity contribution in [2.75, 3.05) is 45.9 Å². The average molecular weight is 322 g/mol. The van der Waals surface area contributed by atoms with Crippen LogP contribution in [0.2, 0.25) is 0 Å². The number of thiophene rings is 1. The fraction of sp³-hybridized carbons (Fsp3) is 0.706. The zero-order chi connectivity index (χ0) is 15.4. The van der Waals surface area contributed by atoms with E-state index in [0.29, 0.717) is 6.42 Å². The number of carbonyl (C=O) groups is 1. The summed E-state index contributed by atoms with van der Waals surface area (Å²) in [5.74, 6) is 0.272. The molecular formula is C17H26N2O2S. The van der Waals surface area contributed by atoms with Crippen molar-refractivity contribution in [3.63, 3.8) is 0 Å². The van der Waals surface area contributed by atoms with E-state index < -0.39 is 0 Å². The van der Waals surface area contributed by atoms with Gasteiger partial charge in [0, 0.05) is 36.5 Å². The van der Waals surface area contributed by atoms with Crippen LogP contribution in [0.25, 0.3) is 0 Å². The summed E-state index contributed by atoms with van der Waals surface area (Å²) in [5.41, 5.74) is 0.135. The van der Waals surface area contributed by atoms with E-state index in [0.717, 1.165) is 57.2 Å². The van der Waals surface area contributed by atoms with Crippen LogP contribution in [-0.2, 0) is 16.0 Å². The van der Waals surface area contributed by atoms with Crippen molar-refractivity contribution >= 4 is 17.2 Å². The van der Waals surface area contributed by atoms with E-state index in [2.05, 4.69) is 22.8 Å². The molecule has 0 N–H and O–H groups in total. The number of rotatable bonds is 3. The summed E-state index contributed by atoms with van der Waals surface area (Å²) in [6.45, 7) is 8.72. The predicted molar refractivity (Wildman–Crippen MR) is 89.2 cm³/mol. The maximum atomic E-state index is 12.6. The maximum Gasteiger partial charge on any atom is 0.227 e. The molecule has 0 bridgehead atoms. The summed E-state index contributed by atoms with van der Waals surface area (Å²) in [6.07, 6.45) is 2.81. The molecule has 2 aliphatic rings. The summed E-state index contributed by atoms with van der Waals surface area (Å²) < 4.78 is 5.88. The van der Waals surface area contributed by atoms with Crippen LogP contribution >= 0.6 is 11.3 Å². The summed E-state index contributed by atoms with van der Waals surface area (Å²) in [5, 5.41) is 2.04. The monoisotopic (exact) mass is 322 g/mol. The molecule has 2 fully saturated rings. The van der Waals surface area contributed by atoms with Crippen LogP contribution in [0.1, 0.15) is 24.6 Å². The molecule has 0 saturated carbocycles. The number of hydrogen-bond acceptors (Lipinski definition) is 4. The normalized spacial score (nSPS) is 27.0. The van der Waals surface area contributed by atoms with Crippen molar-refractivity contribution in [3.05, 3.63) is 22.4 Å². The molecule has 122 valence electrons. The van der Waals surface area contributed by atoms with Crippen molar-refractivity contribution in [1.82, 2.24) is 9.80 Å². The van der Waals surface area contributed by atoms with Gasteiger partial charge in [0.05, 0.1) is 19.6 Å². The molecule has 2 aliphatic heterocycles. The van der Waals surface area contributed by atoms with Crippen LogP contribution in [0.15, 0.2) is 17.5 Å². The van der Waals surface area contributed by atoms with Gasteiger partial charge in [-0.05, 0) is 30.8 Å². The number of hydrogen-bond donors (Lipinski definition) is 0. The van der Waals surface area contributed by atoms with Gasteiger partial charge in [0.15, 0.2) is 0 Å². The van der Waals surface area contributed by atoms with Crippen molar-refractivity contribution in [2.24, 2.45) is 5.41 Å². The van der Waals surface area contributed by atoms with Gasteiger partial charge in [-0.3, -0.25) is 4.79 Å². The molecule has 2 saturated heterocycles. The van der Waals surface area contributed by atoms with Crippen molar-refractivity contribution in [1.29, 1.82) is 0 Å². The number of likely N-dealkylation sites (N-methyl/N-ethyl adjacent to an activating group) is 1. The highest BCUT2D eigenvalue weighted by atomic mass is 32.1. The van der Waals surface area contributed by atoms with Crippen LogP contribution in [0, 0.1) is 5.41 Å². The van der Waals surface area contributed by atoms with E-state index >= 15 is 0 Å². The van der Waals surface area contributed by atoms with Crippen molar-refractivity contribution in [2.45, 2.75) is 26.2 Å². The van der Waals surface area contributed by atoms with E-state index in [1.165, 1.54) is 6.42 Å². The van der Waals surface area contributed by atoms with E-state index in [-0.39, 0.29) is 11.3 Å². The van der Waals surface area contributed by atoms with Gasteiger partial charge in [0.25, 0.3) is 0 Å². The third-order valence-electron chi connectivity index (χ3n) is 4.89. The Morgan fingerprint density at radius 2 is 2.32 bits per heavy atom. The highest BCUT2D eigenvalue weighted by molar-refractivity contribution is 7.10. The average Bonchev–Trinajstić information content (AvgIpc) is 2.95. The predicted octanol–water partition coefficient (Wildman–Crippen LogP) is 2.25. The van der Waals surface area contributed by atoms with E-state index in [4.69, 9.17) is 4.74 Å². The largest absolute Gasteiger partial charge is 0.379 e. The smallest absolute Gasteiger partial charge is 0.227 e. The van der Waals surface area contributed by atoms with Crippen LogP contribution in [0.3, 0.4) is 0 Å². The molecule has 3 rings (SSSR count). The third-order valence-corrected chi connectivity index (χ3v) is 5.76. The zero-order valence-corrected chi connectivity index (χ0v) is 14.2. The fourth-order valence-electron chi connectivity index (χ4n) is 3.69. The van der Waals surface area contributed by atoms with Crippen LogP contribution < -0.4 is 0 Å². The molecule has 1 unspecified atom stereocenters. The number of ether oxygens (including phenoxy) is 1. The standard InChI is InChI=1S/C17H26N2O2S/c1-2-18-8-9-21-14-17(12-18)6-4-7-19(13-17)16(20)11-15-5-3-10-22-15/h3,5,10H,2,4,6-9,11-14H2,1H3. The Hall–Kier alpha value is -0.910. The topological polar surface area (TPSA) is 32.8 Å². The van der Waals surface area contributed by atoms with Crippen LogP contribution in [0.5, 0.6) is 0 Å². The first-order valence-electron chi connectivity index (χ1n) is 8.31. The lowest BCUT2D eigenvalue weighted by atomic mass is 9.80. The molecule has 1 aromatic heterocycles. The number of amides is 1. The maximum absolute atomic E-state index is 12.6. The summed E-state index contributed by atoms with van der Waals surface area (Å²) in [6, 6.07) is 4.07. The number of piperidine rings is 1. The van der Waals surface area contributed by atoms with Crippen molar-refractivity contribution in [3.8, 4) is 0 Å². The molecule has 0 aliphatic carbocycles. The molecular weight excluding hydrogens is 296 g/mol. The second kappa shape index (κ2) is 7.11. The number of carbonyl (C=O) groups excluding carboxylic acids is 1. The van der Waals surface area contributed by atoms with E-state index in [9.17, 15) is 4.79 Å². The lowest BCUT2D eigenvalue weighted by Gasteiger charge is -2.43. The van der Waals surface area contributed by atoms with Gasteiger partial charge in [-0.15, -0.1) is 11.3 Å². The highest BCUT2D eigenvalue weighted by Gasteiger charge is 2.39. The molecule has 5 heteroatoms. The first kappa shape index (κ1) is 16.0. The van der Waals surface area contributed by atoms with Gasteiger partial charge in [-0.2, -0.15) is 0 Å². The third kappa shape index (κ3) is 3.70. The first-order chi connectivity index (χ1) is 10.7. The Kier molecular flexibility index (Phi) is 5.16. The molecule has 22 heavy (non-hydrogen) atoms. The first-order valence-corrected chi connectivity index (χ1v) is 9.19. The molecule has 4 nitrogen and oxygen atoms in total. The fourth-order valence-corrected chi connectivity index (χ4v) is 4.39. The van der Waals surface area contributed by atoms with Gasteiger partial charge >= 0.3 is 0 Å². The molecule has 0 radical (unpaired) electrons. The van der Waals surface area contributed by atoms with Gasteiger partial charge in [-0.25, -0.2) is 0 Å². The van der Waals surface area contributed by atoms with Gasteiger partial charge in [-0.1, -0.05) is 13.0 Å². The van der Waals surface area contributed by atoms with Crippen LogP contribution in [-0.4, -0.2) is 61.6 Å². The van der Waals surface area contributed by atoms with Crippen LogP contribution in [0.4, 0.5) is 0 Å². The minimum Gasteiger partial charge on any atom is -0.379 e. The quantitative estimate of drug-likeness (QED) is 0.856. The second-order valence-electron chi connectivity index (χ2n) is 6.60. The Bertz CT molecular complexity index is 491. The SMILES string of the molecule is CCN1CCOCC2(CCCN(C(=O)Cc3cccs3)C2)C1. The Balaban J connectivity index is 1.66. The summed E-state index contributed by atoms with van der Waals surface area (Å²) in [4.78, 5) is 18.3. The van der Waals surface area contributed by atoms with Crippen molar-refractivity contribution < 1.29 is 9.53 Å². The molecule has 0 aromatic carbocycles. The minimum atomic E-state index is 0.135. The lowest BCUT2D eigenvalue weighted by molar-refractivity contribution is -0.135. The number of nitrogens with zero attached hydrogens (tertiary/aromatic N) is 2. The minimum absolute atomic E-state index is 0.135. The molecule has 3 heterocycles. The highest BCUT2D eigenvalue weighted by Crippen LogP contribution is 2.33. The Morgan fingerprint density at radius 1 is 1.41 bits per heavy atom. The van der Waals surface area contributed by atoms with E-state index in [1.807, 2.05) is 11.4 Å². The molecule has 1 spiro atoms.